The van der Waals surface area contributed by atoms with Gasteiger partial charge in [0, 0.05) is 12.8 Å². The van der Waals surface area contributed by atoms with Gasteiger partial charge in [-0.3, -0.25) is 0 Å². The molecule has 0 atom stereocenters. The van der Waals surface area contributed by atoms with Gasteiger partial charge in [0.05, 0.1) is 15.6 Å². The van der Waals surface area contributed by atoms with Gasteiger partial charge < -0.3 is 5.32 Å². The van der Waals surface area contributed by atoms with E-state index in [2.05, 4.69) is 10.3 Å². The Morgan fingerprint density at radius 2 is 2.00 bits per heavy atom. The van der Waals surface area contributed by atoms with Gasteiger partial charge in [0.15, 0.2) is 0 Å². The molecule has 0 spiro atoms. The molecular formula is C11H16F2N2S. The van der Waals surface area contributed by atoms with Gasteiger partial charge in [-0.2, -0.15) is 0 Å². The molecule has 2 rings (SSSR count). The molecule has 1 aliphatic rings. The van der Waals surface area contributed by atoms with Crippen molar-refractivity contribution in [2.24, 2.45) is 0 Å². The SMILES string of the molecule is Cc1nc(C2CCNCC2)sc1C(C)(F)F. The molecule has 1 N–H and O–H groups in total. The number of nitrogens with zero attached hydrogens (tertiary/aromatic N) is 1. The van der Waals surface area contributed by atoms with Crippen molar-refractivity contribution in [1.29, 1.82) is 0 Å². The van der Waals surface area contributed by atoms with Gasteiger partial charge in [0.1, 0.15) is 0 Å². The summed E-state index contributed by atoms with van der Waals surface area (Å²) in [7, 11) is 0. The molecule has 90 valence electrons. The summed E-state index contributed by atoms with van der Waals surface area (Å²) < 4.78 is 26.5. The number of alkyl halides is 2. The second-order valence-electron chi connectivity index (χ2n) is 4.38. The third-order valence-corrected chi connectivity index (χ3v) is 4.39. The Balaban J connectivity index is 2.23. The third-order valence-electron chi connectivity index (χ3n) is 2.90. The van der Waals surface area contributed by atoms with Gasteiger partial charge in [0.25, 0.3) is 5.92 Å². The summed E-state index contributed by atoms with van der Waals surface area (Å²) in [5, 5.41) is 4.15. The molecule has 1 saturated heterocycles. The van der Waals surface area contributed by atoms with Gasteiger partial charge in [-0.25, -0.2) is 13.8 Å². The number of rotatable bonds is 2. The number of aryl methyl sites for hydroxylation is 1. The van der Waals surface area contributed by atoms with Gasteiger partial charge in [0.2, 0.25) is 0 Å². The van der Waals surface area contributed by atoms with E-state index in [1.54, 1.807) is 6.92 Å². The van der Waals surface area contributed by atoms with Crippen LogP contribution >= 0.6 is 11.3 Å². The topological polar surface area (TPSA) is 24.9 Å². The molecule has 2 heterocycles. The van der Waals surface area contributed by atoms with Crippen LogP contribution in [0.4, 0.5) is 8.78 Å². The number of thiazole rings is 1. The lowest BCUT2D eigenvalue weighted by molar-refractivity contribution is 0.0206. The molecule has 0 amide bonds. The van der Waals surface area contributed by atoms with Crippen molar-refractivity contribution >= 4 is 11.3 Å². The molecule has 0 radical (unpaired) electrons. The molecule has 0 aliphatic carbocycles. The summed E-state index contributed by atoms with van der Waals surface area (Å²) in [6.07, 6.45) is 2.00. The van der Waals surface area contributed by atoms with Crippen LogP contribution in [-0.4, -0.2) is 18.1 Å². The fourth-order valence-corrected chi connectivity index (χ4v) is 3.23. The van der Waals surface area contributed by atoms with E-state index >= 15 is 0 Å². The Morgan fingerprint density at radius 3 is 2.50 bits per heavy atom. The minimum absolute atomic E-state index is 0.126. The van der Waals surface area contributed by atoms with Crippen LogP contribution < -0.4 is 5.32 Å². The number of hydrogen-bond donors (Lipinski definition) is 1. The van der Waals surface area contributed by atoms with Crippen molar-refractivity contribution in [3.05, 3.63) is 15.6 Å². The fraction of sp³-hybridized carbons (Fsp3) is 0.727. The first-order valence-corrected chi connectivity index (χ1v) is 6.36. The molecule has 1 aliphatic heterocycles. The summed E-state index contributed by atoms with van der Waals surface area (Å²) in [6, 6.07) is 0. The smallest absolute Gasteiger partial charge is 0.281 e. The van der Waals surface area contributed by atoms with Crippen LogP contribution in [0.2, 0.25) is 0 Å². The average Bonchev–Trinajstić information content (AvgIpc) is 2.61. The van der Waals surface area contributed by atoms with Crippen LogP contribution in [0.25, 0.3) is 0 Å². The Kier molecular flexibility index (Phi) is 3.26. The zero-order valence-corrected chi connectivity index (χ0v) is 10.3. The highest BCUT2D eigenvalue weighted by Gasteiger charge is 2.31. The summed E-state index contributed by atoms with van der Waals surface area (Å²) in [4.78, 5) is 4.44. The van der Waals surface area contributed by atoms with Gasteiger partial charge >= 0.3 is 0 Å². The second-order valence-corrected chi connectivity index (χ2v) is 5.41. The van der Waals surface area contributed by atoms with E-state index in [-0.39, 0.29) is 4.88 Å². The van der Waals surface area contributed by atoms with E-state index in [0.29, 0.717) is 11.6 Å². The maximum Gasteiger partial charge on any atom is 0.281 e. The van der Waals surface area contributed by atoms with E-state index in [4.69, 9.17) is 0 Å². The van der Waals surface area contributed by atoms with Gasteiger partial charge in [-0.1, -0.05) is 0 Å². The number of piperidine rings is 1. The second kappa shape index (κ2) is 4.37. The quantitative estimate of drug-likeness (QED) is 0.867. The van der Waals surface area contributed by atoms with Crippen LogP contribution in [0, 0.1) is 6.92 Å². The van der Waals surface area contributed by atoms with Crippen LogP contribution in [-0.2, 0) is 5.92 Å². The van der Waals surface area contributed by atoms with Gasteiger partial charge in [-0.15, -0.1) is 11.3 Å². The highest BCUT2D eigenvalue weighted by molar-refractivity contribution is 7.12. The van der Waals surface area contributed by atoms with Crippen LogP contribution in [0.15, 0.2) is 0 Å². The lowest BCUT2D eigenvalue weighted by Gasteiger charge is -2.20. The predicted octanol–water partition coefficient (Wildman–Crippen LogP) is 3.03. The largest absolute Gasteiger partial charge is 0.317 e. The summed E-state index contributed by atoms with van der Waals surface area (Å²) in [5.74, 6) is -2.39. The van der Waals surface area contributed by atoms with Crippen LogP contribution in [0.1, 0.15) is 41.3 Å². The molecule has 1 aromatic rings. The zero-order chi connectivity index (χ0) is 11.8. The van der Waals surface area contributed by atoms with Crippen molar-refractivity contribution in [2.45, 2.75) is 38.5 Å². The van der Waals surface area contributed by atoms with Crippen molar-refractivity contribution in [3.63, 3.8) is 0 Å². The Bertz CT molecular complexity index is 365. The molecule has 0 aromatic carbocycles. The normalized spacial score (nSPS) is 19.0. The molecule has 2 nitrogen and oxygen atoms in total. The number of aromatic nitrogens is 1. The zero-order valence-electron chi connectivity index (χ0n) is 9.52. The molecule has 1 aromatic heterocycles. The minimum atomic E-state index is -2.76. The lowest BCUT2D eigenvalue weighted by Crippen LogP contribution is -2.26. The van der Waals surface area contributed by atoms with Gasteiger partial charge in [-0.05, 0) is 32.9 Å². The average molecular weight is 246 g/mol. The monoisotopic (exact) mass is 246 g/mol. The molecule has 16 heavy (non-hydrogen) atoms. The molecular weight excluding hydrogens is 230 g/mol. The van der Waals surface area contributed by atoms with E-state index < -0.39 is 5.92 Å². The van der Waals surface area contributed by atoms with Crippen molar-refractivity contribution in [1.82, 2.24) is 10.3 Å². The van der Waals surface area contributed by atoms with Crippen molar-refractivity contribution < 1.29 is 8.78 Å². The van der Waals surface area contributed by atoms with E-state index in [0.717, 1.165) is 37.9 Å². The standard InChI is InChI=1S/C11H16F2N2S/c1-7-9(11(2,12)13)16-10(15-7)8-3-5-14-6-4-8/h8,14H,3-6H2,1-2H3. The maximum absolute atomic E-state index is 13.3. The minimum Gasteiger partial charge on any atom is -0.317 e. The molecule has 0 unspecified atom stereocenters. The Morgan fingerprint density at radius 1 is 1.38 bits per heavy atom. The third kappa shape index (κ3) is 2.40. The Hall–Kier alpha value is -0.550. The van der Waals surface area contributed by atoms with Crippen LogP contribution in [0.3, 0.4) is 0 Å². The highest BCUT2D eigenvalue weighted by atomic mass is 32.1. The predicted molar refractivity (Wildman–Crippen MR) is 61.3 cm³/mol. The number of halogens is 2. The summed E-state index contributed by atoms with van der Waals surface area (Å²) >= 11 is 1.18. The lowest BCUT2D eigenvalue weighted by atomic mass is 9.99. The van der Waals surface area contributed by atoms with E-state index in [1.165, 1.54) is 11.3 Å². The first-order chi connectivity index (χ1) is 7.48. The molecule has 1 fully saturated rings. The highest BCUT2D eigenvalue weighted by Crippen LogP contribution is 2.38. The summed E-state index contributed by atoms with van der Waals surface area (Å²) in [5.41, 5.74) is 0.492. The molecule has 5 heteroatoms. The van der Waals surface area contributed by atoms with Crippen molar-refractivity contribution in [3.8, 4) is 0 Å². The first-order valence-electron chi connectivity index (χ1n) is 5.55. The summed E-state index contributed by atoms with van der Waals surface area (Å²) in [6.45, 7) is 4.54. The maximum atomic E-state index is 13.3. The first kappa shape index (κ1) is 11.9. The number of hydrogen-bond acceptors (Lipinski definition) is 3. The molecule has 0 saturated carbocycles. The Labute approximate surface area is 98.1 Å². The fourth-order valence-electron chi connectivity index (χ4n) is 2.07. The van der Waals surface area contributed by atoms with Crippen LogP contribution in [0.5, 0.6) is 0 Å². The van der Waals surface area contributed by atoms with E-state index in [1.807, 2.05) is 0 Å². The van der Waals surface area contributed by atoms with Crippen molar-refractivity contribution in [2.75, 3.05) is 13.1 Å². The van der Waals surface area contributed by atoms with E-state index in [9.17, 15) is 8.78 Å². The molecule has 0 bridgehead atoms. The number of nitrogens with one attached hydrogen (secondary N) is 1.